The van der Waals surface area contributed by atoms with Crippen molar-refractivity contribution in [1.82, 2.24) is 9.80 Å². The number of benzene rings is 2. The minimum absolute atomic E-state index is 0.0985. The van der Waals surface area contributed by atoms with Crippen LogP contribution in [0, 0.1) is 5.82 Å². The van der Waals surface area contributed by atoms with E-state index in [-0.39, 0.29) is 45.1 Å². The second-order valence-electron chi connectivity index (χ2n) is 8.31. The van der Waals surface area contributed by atoms with Gasteiger partial charge in [-0.25, -0.2) is 9.18 Å². The molecule has 3 rings (SSSR count). The summed E-state index contributed by atoms with van der Waals surface area (Å²) in [6.07, 6.45) is -4.46. The Hall–Kier alpha value is -2.56. The van der Waals surface area contributed by atoms with Gasteiger partial charge in [0, 0.05) is 41.9 Å². The number of urea groups is 1. The van der Waals surface area contributed by atoms with Gasteiger partial charge in [-0.2, -0.15) is 13.2 Å². The number of carbonyl (C=O) groups excluding carboxylic acids is 2. The number of nitrogens with zero attached hydrogens (tertiary/aromatic N) is 2. The molecule has 0 aliphatic carbocycles. The number of amides is 3. The molecule has 2 N–H and O–H groups in total. The van der Waals surface area contributed by atoms with Gasteiger partial charge in [0.15, 0.2) is 0 Å². The lowest BCUT2D eigenvalue weighted by Crippen LogP contribution is -2.53. The van der Waals surface area contributed by atoms with E-state index in [9.17, 15) is 32.3 Å². The number of carbonyl (C=O) groups is 2. The van der Waals surface area contributed by atoms with Gasteiger partial charge in [-0.15, -0.1) is 0 Å². The highest BCUT2D eigenvalue weighted by Crippen LogP contribution is 2.31. The number of anilines is 1. The molecular formula is C23H23Cl2F4N3O3. The summed E-state index contributed by atoms with van der Waals surface area (Å²) in [7, 11) is 0. The molecule has 2 aromatic carbocycles. The zero-order chi connectivity index (χ0) is 26.0. The first-order valence-electron chi connectivity index (χ1n) is 10.7. The molecule has 1 saturated heterocycles. The molecule has 35 heavy (non-hydrogen) atoms. The molecule has 1 heterocycles. The molecule has 6 nitrogen and oxygen atoms in total. The number of piperidine rings is 1. The molecule has 0 spiro atoms. The number of hydrogen-bond donors (Lipinski definition) is 2. The molecule has 0 atom stereocenters. The van der Waals surface area contributed by atoms with Crippen molar-refractivity contribution in [3.05, 3.63) is 63.4 Å². The molecule has 2 aromatic rings. The second-order valence-corrected chi connectivity index (χ2v) is 9.18. The average molecular weight is 536 g/mol. The Labute approximate surface area is 209 Å². The first-order valence-corrected chi connectivity index (χ1v) is 11.5. The van der Waals surface area contributed by atoms with Crippen LogP contribution in [0.4, 0.5) is 28.0 Å². The summed E-state index contributed by atoms with van der Waals surface area (Å²) in [5.41, 5.74) is -2.65. The fourth-order valence-corrected chi connectivity index (χ4v) is 4.36. The van der Waals surface area contributed by atoms with E-state index in [0.717, 1.165) is 6.07 Å². The van der Waals surface area contributed by atoms with Crippen LogP contribution in [0.25, 0.3) is 0 Å². The van der Waals surface area contributed by atoms with Crippen molar-refractivity contribution in [3.63, 3.8) is 0 Å². The summed E-state index contributed by atoms with van der Waals surface area (Å²) in [4.78, 5) is 28.0. The van der Waals surface area contributed by atoms with Crippen LogP contribution >= 0.6 is 23.2 Å². The Morgan fingerprint density at radius 1 is 1.11 bits per heavy atom. The number of halogens is 6. The first kappa shape index (κ1) is 27.0. The maximum atomic E-state index is 14.3. The molecule has 190 valence electrons. The summed E-state index contributed by atoms with van der Waals surface area (Å²) < 4.78 is 52.7. The Bertz CT molecular complexity index is 1090. The highest BCUT2D eigenvalue weighted by molar-refractivity contribution is 6.35. The van der Waals surface area contributed by atoms with Crippen molar-refractivity contribution in [3.8, 4) is 0 Å². The monoisotopic (exact) mass is 535 g/mol. The molecule has 0 aromatic heterocycles. The van der Waals surface area contributed by atoms with E-state index >= 15 is 0 Å². The SMILES string of the molecule is CCN(CC1(O)CCN(C(=O)Nc2cc(Cl)cc(Cl)c2)CC1)C(=O)c1ccc(C(F)(F)F)cc1F. The number of nitrogens with one attached hydrogen (secondary N) is 1. The maximum Gasteiger partial charge on any atom is 0.416 e. The number of likely N-dealkylation sites (N-methyl/N-ethyl adjacent to an activating group) is 1. The topological polar surface area (TPSA) is 72.9 Å². The Kier molecular flexibility index (Phi) is 8.18. The Balaban J connectivity index is 1.62. The number of hydrogen-bond acceptors (Lipinski definition) is 3. The minimum atomic E-state index is -4.73. The molecule has 0 radical (unpaired) electrons. The third-order valence-electron chi connectivity index (χ3n) is 5.78. The van der Waals surface area contributed by atoms with Crippen LogP contribution < -0.4 is 5.32 Å². The number of aliphatic hydroxyl groups is 1. The lowest BCUT2D eigenvalue weighted by Gasteiger charge is -2.40. The number of likely N-dealkylation sites (tertiary alicyclic amines) is 1. The van der Waals surface area contributed by atoms with Crippen molar-refractivity contribution >= 4 is 40.8 Å². The van der Waals surface area contributed by atoms with Gasteiger partial charge in [-0.3, -0.25) is 4.79 Å². The number of rotatable bonds is 5. The molecule has 3 amide bonds. The van der Waals surface area contributed by atoms with E-state index in [1.165, 1.54) is 28.0 Å². The maximum absolute atomic E-state index is 14.3. The van der Waals surface area contributed by atoms with Crippen molar-refractivity contribution in [2.75, 3.05) is 31.5 Å². The van der Waals surface area contributed by atoms with Crippen LogP contribution in [-0.2, 0) is 6.18 Å². The standard InChI is InChI=1S/C23H23Cl2F4N3O3/c1-2-31(20(33)18-4-3-14(9-19(18)26)23(27,28)29)13-22(35)5-7-32(8-6-22)21(34)30-17-11-15(24)10-16(25)12-17/h3-4,9-12,35H,2,5-8,13H2,1H3,(H,30,34). The smallest absolute Gasteiger partial charge is 0.388 e. The summed E-state index contributed by atoms with van der Waals surface area (Å²) in [5.74, 6) is -2.12. The van der Waals surface area contributed by atoms with Gasteiger partial charge in [0.05, 0.1) is 16.7 Å². The van der Waals surface area contributed by atoms with E-state index in [4.69, 9.17) is 23.2 Å². The van der Waals surface area contributed by atoms with Gasteiger partial charge in [0.25, 0.3) is 5.91 Å². The highest BCUT2D eigenvalue weighted by Gasteiger charge is 2.37. The van der Waals surface area contributed by atoms with Crippen molar-refractivity contribution < 1.29 is 32.3 Å². The van der Waals surface area contributed by atoms with Crippen LogP contribution in [-0.4, -0.2) is 58.6 Å². The third kappa shape index (κ3) is 6.77. The van der Waals surface area contributed by atoms with Crippen LogP contribution in [0.1, 0.15) is 35.7 Å². The van der Waals surface area contributed by atoms with Crippen LogP contribution in [0.5, 0.6) is 0 Å². The van der Waals surface area contributed by atoms with Crippen LogP contribution in [0.15, 0.2) is 36.4 Å². The molecular weight excluding hydrogens is 513 g/mol. The third-order valence-corrected chi connectivity index (χ3v) is 6.21. The van der Waals surface area contributed by atoms with Gasteiger partial charge >= 0.3 is 12.2 Å². The molecule has 1 fully saturated rings. The van der Waals surface area contributed by atoms with E-state index in [1.807, 2.05) is 0 Å². The zero-order valence-corrected chi connectivity index (χ0v) is 20.1. The molecule has 0 unspecified atom stereocenters. The fraction of sp³-hybridized carbons (Fsp3) is 0.391. The van der Waals surface area contributed by atoms with Gasteiger partial charge in [-0.1, -0.05) is 23.2 Å². The zero-order valence-electron chi connectivity index (χ0n) is 18.6. The second kappa shape index (κ2) is 10.6. The van der Waals surface area contributed by atoms with E-state index in [2.05, 4.69) is 5.32 Å². The van der Waals surface area contributed by atoms with Gasteiger partial charge in [0.2, 0.25) is 0 Å². The quantitative estimate of drug-likeness (QED) is 0.484. The van der Waals surface area contributed by atoms with E-state index in [1.54, 1.807) is 6.92 Å². The molecule has 0 bridgehead atoms. The summed E-state index contributed by atoms with van der Waals surface area (Å²) in [6.45, 7) is 1.90. The highest BCUT2D eigenvalue weighted by atomic mass is 35.5. The molecule has 1 aliphatic heterocycles. The molecule has 1 aliphatic rings. The molecule has 0 saturated carbocycles. The number of alkyl halides is 3. The Morgan fingerprint density at radius 2 is 1.71 bits per heavy atom. The predicted octanol–water partition coefficient (Wildman–Crippen LogP) is 5.67. The van der Waals surface area contributed by atoms with Gasteiger partial charge < -0.3 is 20.2 Å². The minimum Gasteiger partial charge on any atom is -0.388 e. The summed E-state index contributed by atoms with van der Waals surface area (Å²) >= 11 is 11.9. The fourth-order valence-electron chi connectivity index (χ4n) is 3.83. The van der Waals surface area contributed by atoms with E-state index < -0.39 is 40.7 Å². The largest absolute Gasteiger partial charge is 0.416 e. The van der Waals surface area contributed by atoms with Crippen molar-refractivity contribution in [2.24, 2.45) is 0 Å². The van der Waals surface area contributed by atoms with Crippen molar-refractivity contribution in [1.29, 1.82) is 0 Å². The predicted molar refractivity (Wildman–Crippen MR) is 124 cm³/mol. The normalized spacial score (nSPS) is 15.6. The van der Waals surface area contributed by atoms with Gasteiger partial charge in [-0.05, 0) is 56.2 Å². The summed E-state index contributed by atoms with van der Waals surface area (Å²) in [6, 6.07) is 5.90. The average Bonchev–Trinajstić information content (AvgIpc) is 2.76. The van der Waals surface area contributed by atoms with Crippen molar-refractivity contribution in [2.45, 2.75) is 31.5 Å². The lowest BCUT2D eigenvalue weighted by molar-refractivity contribution is -0.137. The first-order chi connectivity index (χ1) is 16.3. The van der Waals surface area contributed by atoms with Crippen LogP contribution in [0.3, 0.4) is 0 Å². The van der Waals surface area contributed by atoms with E-state index in [0.29, 0.717) is 21.8 Å². The van der Waals surface area contributed by atoms with Gasteiger partial charge in [0.1, 0.15) is 5.82 Å². The summed E-state index contributed by atoms with van der Waals surface area (Å²) in [5, 5.41) is 14.4. The van der Waals surface area contributed by atoms with Crippen LogP contribution in [0.2, 0.25) is 10.0 Å². The molecule has 12 heteroatoms. The lowest BCUT2D eigenvalue weighted by atomic mass is 9.90. The Morgan fingerprint density at radius 3 is 2.23 bits per heavy atom.